The SMILES string of the molecule is CN[C@@H](CCCCN)CCC(=O)N[C@H](CCC(=O)N[C@@H](CCCCN)CCC(=O)N[C@@H](C)C[C-]=O)Cc1c[nH]c2ccccc12.[Y]. The van der Waals surface area contributed by atoms with E-state index in [4.69, 9.17) is 11.5 Å². The maximum atomic E-state index is 13.2. The van der Waals surface area contributed by atoms with E-state index in [0.29, 0.717) is 38.8 Å². The molecule has 1 aromatic heterocycles. The Morgan fingerprint density at radius 2 is 1.33 bits per heavy atom. The summed E-state index contributed by atoms with van der Waals surface area (Å²) in [4.78, 5) is 52.5. The number of unbranched alkanes of at least 4 members (excludes halogenated alkanes) is 2. The molecule has 255 valence electrons. The molecule has 1 aromatic carbocycles. The quantitative estimate of drug-likeness (QED) is 0.0609. The van der Waals surface area contributed by atoms with Crippen molar-refractivity contribution >= 4 is 34.9 Å². The van der Waals surface area contributed by atoms with E-state index in [9.17, 15) is 19.2 Å². The van der Waals surface area contributed by atoms with E-state index < -0.39 is 0 Å². The number of nitrogens with one attached hydrogen (secondary N) is 5. The van der Waals surface area contributed by atoms with Crippen LogP contribution < -0.4 is 32.7 Å². The van der Waals surface area contributed by atoms with Crippen LogP contribution in [0.5, 0.6) is 0 Å². The number of fused-ring (bicyclic) bond motifs is 1. The number of benzene rings is 1. The monoisotopic (exact) mass is 715 g/mol. The van der Waals surface area contributed by atoms with Crippen molar-refractivity contribution in [2.75, 3.05) is 20.1 Å². The number of aromatic amines is 1. The van der Waals surface area contributed by atoms with Crippen molar-refractivity contribution in [1.82, 2.24) is 26.3 Å². The summed E-state index contributed by atoms with van der Waals surface area (Å²) in [6.45, 7) is 3.00. The number of carbonyl (C=O) groups excluding carboxylic acids is 4. The van der Waals surface area contributed by atoms with Crippen LogP contribution in [-0.4, -0.2) is 73.3 Å². The molecule has 46 heavy (non-hydrogen) atoms. The minimum absolute atomic E-state index is 0. The van der Waals surface area contributed by atoms with Crippen molar-refractivity contribution in [3.05, 3.63) is 36.0 Å². The smallest absolute Gasteiger partial charge is 0.220 e. The molecule has 3 amide bonds. The number of hydrogen-bond donors (Lipinski definition) is 7. The fourth-order valence-corrected chi connectivity index (χ4v) is 5.62. The van der Waals surface area contributed by atoms with Gasteiger partial charge in [-0.1, -0.05) is 31.0 Å². The molecule has 0 spiro atoms. The first-order valence-corrected chi connectivity index (χ1v) is 16.6. The molecule has 0 aliphatic carbocycles. The Balaban J connectivity index is 0.0000106. The molecule has 9 N–H and O–H groups in total. The van der Waals surface area contributed by atoms with Gasteiger partial charge in [0.1, 0.15) is 0 Å². The minimum Gasteiger partial charge on any atom is -0.542 e. The van der Waals surface area contributed by atoms with Crippen LogP contribution in [0.2, 0.25) is 0 Å². The molecule has 0 aliphatic rings. The first-order valence-electron chi connectivity index (χ1n) is 16.6. The van der Waals surface area contributed by atoms with Crippen LogP contribution in [0.1, 0.15) is 96.0 Å². The van der Waals surface area contributed by atoms with Crippen LogP contribution >= 0.6 is 0 Å². The zero-order chi connectivity index (χ0) is 32.9. The van der Waals surface area contributed by atoms with E-state index in [2.05, 4.69) is 32.3 Å². The topological polar surface area (TPSA) is 184 Å². The molecule has 0 fully saturated rings. The van der Waals surface area contributed by atoms with Gasteiger partial charge >= 0.3 is 0 Å². The molecule has 4 atom stereocenters. The largest absolute Gasteiger partial charge is 0.542 e. The molecule has 0 saturated heterocycles. The molecule has 0 saturated carbocycles. The predicted molar refractivity (Wildman–Crippen MR) is 180 cm³/mol. The van der Waals surface area contributed by atoms with Crippen molar-refractivity contribution in [2.24, 2.45) is 11.5 Å². The van der Waals surface area contributed by atoms with Crippen molar-refractivity contribution in [2.45, 2.75) is 121 Å². The van der Waals surface area contributed by atoms with Gasteiger partial charge in [0.2, 0.25) is 17.7 Å². The fourth-order valence-electron chi connectivity index (χ4n) is 5.62. The third-order valence-corrected chi connectivity index (χ3v) is 8.25. The summed E-state index contributed by atoms with van der Waals surface area (Å²) in [5, 5.41) is 13.5. The van der Waals surface area contributed by atoms with Gasteiger partial charge in [-0.3, -0.25) is 20.7 Å². The molecular weight excluding hydrogens is 659 g/mol. The van der Waals surface area contributed by atoms with Crippen LogP contribution in [-0.2, 0) is 58.3 Å². The van der Waals surface area contributed by atoms with Crippen LogP contribution in [0, 0.1) is 0 Å². The fraction of sp³-hybridized carbons (Fsp3) is 0.647. The maximum absolute atomic E-state index is 13.2. The van der Waals surface area contributed by atoms with Crippen molar-refractivity contribution < 1.29 is 51.9 Å². The number of rotatable bonds is 25. The van der Waals surface area contributed by atoms with Crippen LogP contribution in [0.25, 0.3) is 10.9 Å². The van der Waals surface area contributed by atoms with E-state index in [1.807, 2.05) is 37.7 Å². The summed E-state index contributed by atoms with van der Waals surface area (Å²) in [5.74, 6) is -0.283. The summed E-state index contributed by atoms with van der Waals surface area (Å²) in [6.07, 6.45) is 12.5. The van der Waals surface area contributed by atoms with Gasteiger partial charge in [-0.25, -0.2) is 0 Å². The van der Waals surface area contributed by atoms with Crippen LogP contribution in [0.15, 0.2) is 30.5 Å². The Bertz CT molecular complexity index is 1160. The van der Waals surface area contributed by atoms with E-state index in [0.717, 1.165) is 61.4 Å². The predicted octanol–water partition coefficient (Wildman–Crippen LogP) is 2.87. The third-order valence-electron chi connectivity index (χ3n) is 8.25. The molecule has 2 rings (SSSR count). The number of aromatic nitrogens is 1. The normalized spacial score (nSPS) is 13.7. The van der Waals surface area contributed by atoms with Crippen molar-refractivity contribution in [3.63, 3.8) is 0 Å². The van der Waals surface area contributed by atoms with Crippen molar-refractivity contribution in [3.8, 4) is 0 Å². The zero-order valence-corrected chi connectivity index (χ0v) is 30.7. The van der Waals surface area contributed by atoms with Gasteiger partial charge in [0, 0.05) is 93.2 Å². The van der Waals surface area contributed by atoms with Gasteiger partial charge in [-0.15, -0.1) is 6.42 Å². The molecule has 2 aromatic rings. The Morgan fingerprint density at radius 1 is 0.783 bits per heavy atom. The van der Waals surface area contributed by atoms with E-state index in [-0.39, 0.29) is 93.9 Å². The van der Waals surface area contributed by atoms with Gasteiger partial charge in [-0.05, 0) is 90.1 Å². The van der Waals surface area contributed by atoms with Gasteiger partial charge in [0.05, 0.1) is 0 Å². The molecule has 0 bridgehead atoms. The van der Waals surface area contributed by atoms with Crippen molar-refractivity contribution in [1.29, 1.82) is 0 Å². The second-order valence-corrected chi connectivity index (χ2v) is 12.1. The number of para-hydroxylation sites is 1. The first kappa shape index (κ1) is 41.8. The second kappa shape index (κ2) is 24.9. The summed E-state index contributed by atoms with van der Waals surface area (Å²) < 4.78 is 0. The number of amides is 3. The summed E-state index contributed by atoms with van der Waals surface area (Å²) in [5.41, 5.74) is 13.4. The van der Waals surface area contributed by atoms with Gasteiger partial charge < -0.3 is 42.5 Å². The zero-order valence-electron chi connectivity index (χ0n) is 27.9. The van der Waals surface area contributed by atoms with Gasteiger partial charge in [0.25, 0.3) is 0 Å². The van der Waals surface area contributed by atoms with E-state index >= 15 is 0 Å². The summed E-state index contributed by atoms with van der Waals surface area (Å²) >= 11 is 0. The molecular formula is C34H56N7O4Y-. The summed E-state index contributed by atoms with van der Waals surface area (Å²) in [7, 11) is 1.92. The minimum atomic E-state index is -0.273. The second-order valence-electron chi connectivity index (χ2n) is 12.1. The Kier molecular flexibility index (Phi) is 22.7. The number of hydrogen-bond acceptors (Lipinski definition) is 7. The third kappa shape index (κ3) is 17.1. The maximum Gasteiger partial charge on any atom is 0.220 e. The molecule has 11 nitrogen and oxygen atoms in total. The molecule has 0 aliphatic heterocycles. The molecule has 0 unspecified atom stereocenters. The van der Waals surface area contributed by atoms with Crippen LogP contribution in [0.4, 0.5) is 0 Å². The first-order chi connectivity index (χ1) is 21.8. The Morgan fingerprint density at radius 3 is 1.93 bits per heavy atom. The number of nitrogens with two attached hydrogens (primary N) is 2. The Labute approximate surface area is 300 Å². The molecule has 12 heteroatoms. The molecule has 1 radical (unpaired) electrons. The average molecular weight is 716 g/mol. The standard InChI is InChI=1S/C34H56N7O4.Y/c1-25(19-22-42)39-32(43)17-14-28(10-6-8-21-36)40-33(44)18-15-29(23-26-24-38-31-12-4-3-11-30(26)31)41-34(45)16-13-27(37-2)9-5-7-20-35;/h3-4,11-12,24-25,27-29,37-38H,5-10,13-21,23,35-36H2,1-2H3,(H,39,43)(H,40,44)(H,41,45);/q-1;/t25-,27-,28-,29+;/m0./s1. The van der Waals surface area contributed by atoms with Crippen LogP contribution in [0.3, 0.4) is 0 Å². The van der Waals surface area contributed by atoms with E-state index in [1.165, 1.54) is 0 Å². The van der Waals surface area contributed by atoms with E-state index in [1.54, 1.807) is 6.92 Å². The summed E-state index contributed by atoms with van der Waals surface area (Å²) in [6, 6.07) is 7.66. The number of H-pyrrole nitrogens is 1. The number of carbonyl (C=O) groups is 3. The van der Waals surface area contributed by atoms with Gasteiger partial charge in [-0.2, -0.15) is 0 Å². The average Bonchev–Trinajstić information content (AvgIpc) is 3.43. The Hall–Kier alpha value is -2.18. The molecule has 1 heterocycles. The van der Waals surface area contributed by atoms with Gasteiger partial charge in [0.15, 0.2) is 0 Å².